The van der Waals surface area contributed by atoms with Gasteiger partial charge in [-0.2, -0.15) is 8.42 Å². The molecule has 0 spiro atoms. The molecular weight excluding hydrogens is 262 g/mol. The van der Waals surface area contributed by atoms with E-state index < -0.39 is 10.4 Å². The lowest BCUT2D eigenvalue weighted by Crippen LogP contribution is -2.08. The smallest absolute Gasteiger partial charge is 0.397 e. The van der Waals surface area contributed by atoms with Gasteiger partial charge in [0, 0.05) is 18.1 Å². The van der Waals surface area contributed by atoms with Gasteiger partial charge in [0.05, 0.1) is 26.5 Å². The average Bonchev–Trinajstić information content (AvgIpc) is 2.28. The van der Waals surface area contributed by atoms with Crippen LogP contribution in [0.3, 0.4) is 0 Å². The number of hydrogen-bond acceptors (Lipinski definition) is 6. The first-order chi connectivity index (χ1) is 8.37. The van der Waals surface area contributed by atoms with Crippen molar-refractivity contribution >= 4 is 16.1 Å². The third-order valence-corrected chi connectivity index (χ3v) is 2.70. The van der Waals surface area contributed by atoms with E-state index in [4.69, 9.17) is 19.8 Å². The molecule has 0 aliphatic heterocycles. The highest BCUT2D eigenvalue weighted by atomic mass is 32.3. The largest absolute Gasteiger partial charge is 0.496 e. The van der Waals surface area contributed by atoms with E-state index in [9.17, 15) is 8.42 Å². The SMILES string of the molecule is COc1cc(CCOS(=O)(=O)O)c(OC)cc1N. The third-order valence-electron chi connectivity index (χ3n) is 2.24. The summed E-state index contributed by atoms with van der Waals surface area (Å²) < 4.78 is 43.6. The maximum Gasteiger partial charge on any atom is 0.397 e. The van der Waals surface area contributed by atoms with Crippen LogP contribution in [0.2, 0.25) is 0 Å². The Labute approximate surface area is 105 Å². The van der Waals surface area contributed by atoms with Crippen LogP contribution >= 0.6 is 0 Å². The zero-order valence-electron chi connectivity index (χ0n) is 10.0. The van der Waals surface area contributed by atoms with Crippen molar-refractivity contribution in [1.29, 1.82) is 0 Å². The molecule has 0 radical (unpaired) electrons. The molecule has 0 saturated heterocycles. The van der Waals surface area contributed by atoms with Gasteiger partial charge in [0.15, 0.2) is 0 Å². The van der Waals surface area contributed by atoms with E-state index in [1.807, 2.05) is 0 Å². The van der Waals surface area contributed by atoms with Crippen molar-refractivity contribution in [3.05, 3.63) is 17.7 Å². The van der Waals surface area contributed by atoms with Crippen LogP contribution in [0, 0.1) is 0 Å². The molecule has 0 fully saturated rings. The second-order valence-electron chi connectivity index (χ2n) is 3.41. The number of hydrogen-bond donors (Lipinski definition) is 2. The fraction of sp³-hybridized carbons (Fsp3) is 0.400. The van der Waals surface area contributed by atoms with Gasteiger partial charge in [0.1, 0.15) is 11.5 Å². The summed E-state index contributed by atoms with van der Waals surface area (Å²) in [7, 11) is -1.50. The molecule has 0 aliphatic carbocycles. The first-order valence-electron chi connectivity index (χ1n) is 4.99. The molecule has 0 unspecified atom stereocenters. The van der Waals surface area contributed by atoms with E-state index in [0.717, 1.165) is 0 Å². The van der Waals surface area contributed by atoms with Crippen LogP contribution in [0.15, 0.2) is 12.1 Å². The fourth-order valence-electron chi connectivity index (χ4n) is 1.44. The molecule has 0 amide bonds. The van der Waals surface area contributed by atoms with Crippen molar-refractivity contribution in [2.75, 3.05) is 26.6 Å². The Morgan fingerprint density at radius 2 is 1.83 bits per heavy atom. The molecule has 1 aromatic rings. The van der Waals surface area contributed by atoms with Crippen molar-refractivity contribution in [3.8, 4) is 11.5 Å². The van der Waals surface area contributed by atoms with Crippen LogP contribution in [0.1, 0.15) is 5.56 Å². The van der Waals surface area contributed by atoms with E-state index in [1.165, 1.54) is 14.2 Å². The topological polar surface area (TPSA) is 108 Å². The molecule has 7 nitrogen and oxygen atoms in total. The predicted octanol–water partition coefficient (Wildman–Crippen LogP) is 0.648. The summed E-state index contributed by atoms with van der Waals surface area (Å²) in [6.45, 7) is -0.206. The van der Waals surface area contributed by atoms with Gasteiger partial charge in [-0.15, -0.1) is 0 Å². The molecule has 0 heterocycles. The van der Waals surface area contributed by atoms with Gasteiger partial charge in [-0.1, -0.05) is 0 Å². The summed E-state index contributed by atoms with van der Waals surface area (Å²) >= 11 is 0. The van der Waals surface area contributed by atoms with E-state index in [2.05, 4.69) is 4.18 Å². The molecule has 0 bridgehead atoms. The van der Waals surface area contributed by atoms with Crippen LogP contribution in [-0.4, -0.2) is 33.8 Å². The van der Waals surface area contributed by atoms with E-state index in [-0.39, 0.29) is 13.0 Å². The lowest BCUT2D eigenvalue weighted by atomic mass is 10.1. The number of benzene rings is 1. The first-order valence-corrected chi connectivity index (χ1v) is 6.36. The highest BCUT2D eigenvalue weighted by Crippen LogP contribution is 2.30. The number of anilines is 1. The zero-order valence-corrected chi connectivity index (χ0v) is 10.9. The Morgan fingerprint density at radius 1 is 1.22 bits per heavy atom. The third kappa shape index (κ3) is 4.06. The number of nitrogens with two attached hydrogens (primary N) is 1. The predicted molar refractivity (Wildman–Crippen MR) is 65.2 cm³/mol. The van der Waals surface area contributed by atoms with E-state index in [0.29, 0.717) is 22.7 Å². The zero-order chi connectivity index (χ0) is 13.8. The van der Waals surface area contributed by atoms with Gasteiger partial charge in [-0.25, -0.2) is 4.18 Å². The number of ether oxygens (including phenoxy) is 2. The van der Waals surface area contributed by atoms with Crippen molar-refractivity contribution in [2.45, 2.75) is 6.42 Å². The Bertz CT molecular complexity index is 513. The summed E-state index contributed by atoms with van der Waals surface area (Å²) in [6, 6.07) is 3.20. The van der Waals surface area contributed by atoms with Crippen LogP contribution in [0.4, 0.5) is 5.69 Å². The molecular formula is C10H15NO6S. The molecule has 0 aliphatic rings. The van der Waals surface area contributed by atoms with Crippen molar-refractivity contribution < 1.29 is 26.6 Å². The van der Waals surface area contributed by atoms with E-state index in [1.54, 1.807) is 12.1 Å². The fourth-order valence-corrected chi connectivity index (χ4v) is 1.73. The van der Waals surface area contributed by atoms with Gasteiger partial charge in [-0.05, 0) is 6.07 Å². The van der Waals surface area contributed by atoms with Crippen molar-refractivity contribution in [2.24, 2.45) is 0 Å². The molecule has 0 atom stereocenters. The Hall–Kier alpha value is -1.51. The standard InChI is InChI=1S/C10H15NO6S/c1-15-9-6-8(11)10(16-2)5-7(9)3-4-17-18(12,13)14/h5-6H,3-4,11H2,1-2H3,(H,12,13,14). The minimum Gasteiger partial charge on any atom is -0.496 e. The van der Waals surface area contributed by atoms with E-state index >= 15 is 0 Å². The average molecular weight is 277 g/mol. The van der Waals surface area contributed by atoms with Crippen molar-refractivity contribution in [3.63, 3.8) is 0 Å². The molecule has 1 rings (SSSR count). The Balaban J connectivity index is 2.86. The van der Waals surface area contributed by atoms with Gasteiger partial charge >= 0.3 is 10.4 Å². The Kier molecular flexibility index (Phi) is 4.76. The lowest BCUT2D eigenvalue weighted by Gasteiger charge is -2.12. The maximum absolute atomic E-state index is 10.4. The number of nitrogen functional groups attached to an aromatic ring is 1. The summed E-state index contributed by atoms with van der Waals surface area (Å²) in [5.74, 6) is 0.949. The normalized spacial score (nSPS) is 11.3. The molecule has 3 N–H and O–H groups in total. The van der Waals surface area contributed by atoms with Crippen LogP contribution < -0.4 is 15.2 Å². The second-order valence-corrected chi connectivity index (χ2v) is 4.50. The molecule has 1 aromatic carbocycles. The summed E-state index contributed by atoms with van der Waals surface area (Å²) in [5, 5.41) is 0. The maximum atomic E-state index is 10.4. The van der Waals surface area contributed by atoms with Gasteiger partial charge in [0.2, 0.25) is 0 Å². The summed E-state index contributed by atoms with van der Waals surface area (Å²) in [6.07, 6.45) is 0.222. The molecule has 102 valence electrons. The molecule has 8 heteroatoms. The van der Waals surface area contributed by atoms with Gasteiger partial charge < -0.3 is 15.2 Å². The Morgan fingerprint density at radius 3 is 2.33 bits per heavy atom. The highest BCUT2D eigenvalue weighted by molar-refractivity contribution is 7.80. The number of methoxy groups -OCH3 is 2. The highest BCUT2D eigenvalue weighted by Gasteiger charge is 2.11. The summed E-state index contributed by atoms with van der Waals surface area (Å²) in [4.78, 5) is 0. The quantitative estimate of drug-likeness (QED) is 0.580. The van der Waals surface area contributed by atoms with Crippen LogP contribution in [0.25, 0.3) is 0 Å². The van der Waals surface area contributed by atoms with Crippen molar-refractivity contribution in [1.82, 2.24) is 0 Å². The second kappa shape index (κ2) is 5.89. The first kappa shape index (κ1) is 14.6. The molecule has 18 heavy (non-hydrogen) atoms. The van der Waals surface area contributed by atoms with Gasteiger partial charge in [-0.3, -0.25) is 4.55 Å². The van der Waals surface area contributed by atoms with Gasteiger partial charge in [0.25, 0.3) is 0 Å². The van der Waals surface area contributed by atoms with Crippen LogP contribution in [0.5, 0.6) is 11.5 Å². The minimum atomic E-state index is -4.43. The number of rotatable bonds is 6. The minimum absolute atomic E-state index is 0.206. The molecule has 0 saturated carbocycles. The summed E-state index contributed by atoms with van der Waals surface area (Å²) in [5.41, 5.74) is 6.77. The van der Waals surface area contributed by atoms with Crippen LogP contribution in [-0.2, 0) is 21.0 Å². The monoisotopic (exact) mass is 277 g/mol. The molecule has 0 aromatic heterocycles. The lowest BCUT2D eigenvalue weighted by molar-refractivity contribution is 0.270.